The Kier molecular flexibility index (Phi) is 12.5. The molecule has 12 nitrogen and oxygen atoms in total. The van der Waals surface area contributed by atoms with Crippen LogP contribution in [0.4, 0.5) is 0 Å². The Morgan fingerprint density at radius 2 is 1.53 bits per heavy atom. The Hall–Kier alpha value is -5.11. The zero-order valence-electron chi connectivity index (χ0n) is 30.9. The van der Waals surface area contributed by atoms with Gasteiger partial charge < -0.3 is 29.8 Å². The fourth-order valence-electron chi connectivity index (χ4n) is 7.76. The average Bonchev–Trinajstić information content (AvgIpc) is 3.57. The predicted molar refractivity (Wildman–Crippen MR) is 208 cm³/mol. The molecule has 0 spiro atoms. The number of aromatic amines is 1. The number of amides is 2. The molecule has 288 valence electrons. The number of imidazole rings is 1. The van der Waals surface area contributed by atoms with Gasteiger partial charge in [0.2, 0.25) is 11.8 Å². The van der Waals surface area contributed by atoms with Crippen molar-refractivity contribution in [3.63, 3.8) is 0 Å². The number of aliphatic hydroxyl groups excluding tert-OH is 1. The summed E-state index contributed by atoms with van der Waals surface area (Å²) >= 11 is 0. The SMILES string of the molecule is O=C(CCCCC(=O)NCc1cccc(-c2cccc(C3OC(CN4CCC(n5c(=O)[nH]c6ccccc65)CC4)CC(c4ccc(CO)cc4)O3)c2)c1)NO. The number of H-pyrrole nitrogens is 1. The Morgan fingerprint density at radius 3 is 2.29 bits per heavy atom. The summed E-state index contributed by atoms with van der Waals surface area (Å²) in [5.74, 6) is -0.543. The summed E-state index contributed by atoms with van der Waals surface area (Å²) in [6.45, 7) is 2.81. The molecule has 1 aromatic heterocycles. The highest BCUT2D eigenvalue weighted by molar-refractivity contribution is 5.77. The normalized spacial score (nSPS) is 19.3. The topological polar surface area (TPSA) is 158 Å². The van der Waals surface area contributed by atoms with Crippen molar-refractivity contribution in [2.45, 2.75) is 82.6 Å². The van der Waals surface area contributed by atoms with Crippen LogP contribution in [0.3, 0.4) is 0 Å². The second kappa shape index (κ2) is 18.0. The molecule has 2 saturated heterocycles. The average molecular weight is 748 g/mol. The quantitative estimate of drug-likeness (QED) is 0.0522. The molecule has 2 fully saturated rings. The van der Waals surface area contributed by atoms with Gasteiger partial charge >= 0.3 is 5.69 Å². The van der Waals surface area contributed by atoms with E-state index < -0.39 is 12.2 Å². The van der Waals surface area contributed by atoms with E-state index in [0.717, 1.165) is 76.9 Å². The number of rotatable bonds is 14. The molecule has 0 radical (unpaired) electrons. The maximum Gasteiger partial charge on any atom is 0.326 e. The Morgan fingerprint density at radius 1 is 0.800 bits per heavy atom. The number of ether oxygens (including phenoxy) is 2. The fraction of sp³-hybridized carbons (Fsp3) is 0.372. The number of hydrogen-bond acceptors (Lipinski definition) is 8. The number of nitrogens with one attached hydrogen (secondary N) is 3. The molecule has 0 bridgehead atoms. The van der Waals surface area contributed by atoms with E-state index in [9.17, 15) is 19.5 Å². The maximum atomic E-state index is 12.9. The molecular weight excluding hydrogens is 699 g/mol. The number of unbranched alkanes of at least 4 members (excludes halogenated alkanes) is 1. The Labute approximate surface area is 320 Å². The van der Waals surface area contributed by atoms with Crippen LogP contribution in [0.5, 0.6) is 0 Å². The monoisotopic (exact) mass is 747 g/mol. The number of aromatic nitrogens is 2. The molecule has 3 heterocycles. The van der Waals surface area contributed by atoms with Crippen molar-refractivity contribution in [1.82, 2.24) is 25.2 Å². The highest BCUT2D eigenvalue weighted by Gasteiger charge is 2.34. The fourth-order valence-corrected chi connectivity index (χ4v) is 7.76. The van der Waals surface area contributed by atoms with Crippen molar-refractivity contribution in [3.05, 3.63) is 130 Å². The van der Waals surface area contributed by atoms with Gasteiger partial charge in [-0.2, -0.15) is 0 Å². The summed E-state index contributed by atoms with van der Waals surface area (Å²) in [7, 11) is 0. The van der Waals surface area contributed by atoms with E-state index in [4.69, 9.17) is 14.7 Å². The molecule has 4 aromatic carbocycles. The number of carbonyl (C=O) groups is 2. The minimum Gasteiger partial charge on any atom is -0.392 e. The van der Waals surface area contributed by atoms with Gasteiger partial charge in [0.1, 0.15) is 0 Å². The minimum absolute atomic E-state index is 0.0193. The number of piperidine rings is 1. The van der Waals surface area contributed by atoms with E-state index >= 15 is 0 Å². The first kappa shape index (κ1) is 38.2. The van der Waals surface area contributed by atoms with Gasteiger partial charge in [0.15, 0.2) is 6.29 Å². The van der Waals surface area contributed by atoms with Crippen LogP contribution in [0.25, 0.3) is 22.2 Å². The number of fused-ring (bicyclic) bond motifs is 1. The summed E-state index contributed by atoms with van der Waals surface area (Å²) in [6.07, 6.45) is 3.07. The van der Waals surface area contributed by atoms with E-state index in [2.05, 4.69) is 33.4 Å². The molecule has 0 saturated carbocycles. The van der Waals surface area contributed by atoms with Gasteiger partial charge in [-0.1, -0.05) is 72.8 Å². The zero-order valence-corrected chi connectivity index (χ0v) is 30.9. The third kappa shape index (κ3) is 9.59. The maximum absolute atomic E-state index is 12.9. The highest BCUT2D eigenvalue weighted by atomic mass is 16.7. The molecule has 12 heteroatoms. The number of hydrogen-bond donors (Lipinski definition) is 5. The molecule has 3 atom stereocenters. The van der Waals surface area contributed by atoms with E-state index in [0.29, 0.717) is 32.2 Å². The summed E-state index contributed by atoms with van der Waals surface area (Å²) in [4.78, 5) is 41.9. The summed E-state index contributed by atoms with van der Waals surface area (Å²) in [6, 6.07) is 32.2. The van der Waals surface area contributed by atoms with Crippen LogP contribution in [0.15, 0.2) is 102 Å². The number of hydroxylamine groups is 1. The molecule has 7 rings (SSSR count). The smallest absolute Gasteiger partial charge is 0.326 e. The summed E-state index contributed by atoms with van der Waals surface area (Å²) in [5, 5.41) is 21.2. The summed E-state index contributed by atoms with van der Waals surface area (Å²) < 4.78 is 15.3. The zero-order chi connectivity index (χ0) is 38.1. The number of carbonyl (C=O) groups excluding carboxylic acids is 2. The van der Waals surface area contributed by atoms with Crippen LogP contribution in [0, 0.1) is 0 Å². The number of aliphatic hydroxyl groups is 1. The molecule has 3 unspecified atom stereocenters. The van der Waals surface area contributed by atoms with Crippen molar-refractivity contribution < 1.29 is 29.4 Å². The number of nitrogens with zero attached hydrogens (tertiary/aromatic N) is 2. The van der Waals surface area contributed by atoms with E-state index in [1.165, 1.54) is 0 Å². The van der Waals surface area contributed by atoms with Crippen molar-refractivity contribution in [2.24, 2.45) is 0 Å². The number of benzene rings is 4. The molecule has 55 heavy (non-hydrogen) atoms. The third-order valence-corrected chi connectivity index (χ3v) is 10.7. The molecule has 0 aliphatic carbocycles. The van der Waals surface area contributed by atoms with Crippen LogP contribution >= 0.6 is 0 Å². The van der Waals surface area contributed by atoms with E-state index in [1.54, 1.807) is 5.48 Å². The van der Waals surface area contributed by atoms with Gasteiger partial charge in [-0.05, 0) is 77.8 Å². The molecule has 5 aromatic rings. The second-order valence-corrected chi connectivity index (χ2v) is 14.5. The first-order valence-corrected chi connectivity index (χ1v) is 19.2. The van der Waals surface area contributed by atoms with Crippen LogP contribution in [-0.4, -0.2) is 62.3 Å². The molecule has 5 N–H and O–H groups in total. The van der Waals surface area contributed by atoms with Crippen LogP contribution in [0.1, 0.15) is 85.6 Å². The van der Waals surface area contributed by atoms with Gasteiger partial charge in [-0.3, -0.25) is 19.4 Å². The van der Waals surface area contributed by atoms with Gasteiger partial charge in [-0.15, -0.1) is 0 Å². The lowest BCUT2D eigenvalue weighted by atomic mass is 9.97. The third-order valence-electron chi connectivity index (χ3n) is 10.7. The van der Waals surface area contributed by atoms with Crippen LogP contribution < -0.4 is 16.5 Å². The number of likely N-dealkylation sites (tertiary alicyclic amines) is 1. The van der Waals surface area contributed by atoms with Gasteiger partial charge in [0, 0.05) is 57.0 Å². The Balaban J connectivity index is 1.02. The minimum atomic E-state index is -0.602. The van der Waals surface area contributed by atoms with Crippen molar-refractivity contribution >= 4 is 22.8 Å². The first-order chi connectivity index (χ1) is 26.9. The molecular formula is C43H49N5O7. The highest BCUT2D eigenvalue weighted by Crippen LogP contribution is 2.39. The lowest BCUT2D eigenvalue weighted by molar-refractivity contribution is -0.253. The molecule has 2 amide bonds. The standard InChI is InChI=1S/C43H49N5O7/c49-28-29-15-17-31(18-16-29)39-25-36(27-47-21-19-35(20-22-47)48-38-12-2-1-11-37(38)45-43(48)52)54-42(55-39)34-10-6-9-33(24-34)32-8-5-7-30(23-32)26-44-40(50)13-3-4-14-41(51)46-53/h1-2,5-12,15-18,23-24,35-36,39,42,49,53H,3-4,13-14,19-22,25-28H2,(H,44,50)(H,45,52)(H,46,51). The van der Waals surface area contributed by atoms with Crippen molar-refractivity contribution in [3.8, 4) is 11.1 Å². The summed E-state index contributed by atoms with van der Waals surface area (Å²) in [5.41, 5.74) is 9.13. The lowest BCUT2D eigenvalue weighted by Crippen LogP contribution is -2.43. The molecule has 2 aliphatic heterocycles. The first-order valence-electron chi connectivity index (χ1n) is 19.2. The van der Waals surface area contributed by atoms with Gasteiger partial charge in [0.25, 0.3) is 0 Å². The van der Waals surface area contributed by atoms with Crippen LogP contribution in [-0.2, 0) is 32.2 Å². The van der Waals surface area contributed by atoms with E-state index in [1.807, 2.05) is 83.4 Å². The second-order valence-electron chi connectivity index (χ2n) is 14.5. The van der Waals surface area contributed by atoms with Crippen molar-refractivity contribution in [2.75, 3.05) is 19.6 Å². The molecule has 2 aliphatic rings. The van der Waals surface area contributed by atoms with Gasteiger partial charge in [-0.25, -0.2) is 10.3 Å². The van der Waals surface area contributed by atoms with Gasteiger partial charge in [0.05, 0.1) is 29.8 Å². The van der Waals surface area contributed by atoms with Crippen LogP contribution in [0.2, 0.25) is 0 Å². The number of para-hydroxylation sites is 2. The van der Waals surface area contributed by atoms with E-state index in [-0.39, 0.29) is 42.9 Å². The predicted octanol–water partition coefficient (Wildman–Crippen LogP) is 6.05. The Bertz CT molecular complexity index is 2120. The lowest BCUT2D eigenvalue weighted by Gasteiger charge is -2.40. The largest absolute Gasteiger partial charge is 0.392 e. The van der Waals surface area contributed by atoms with Crippen molar-refractivity contribution in [1.29, 1.82) is 0 Å².